The van der Waals surface area contributed by atoms with Crippen LogP contribution < -0.4 is 10.1 Å². The SMILES string of the molecule is Cc1c(Cc2ccc(Cl)c(O[C@H](C)C(=O)O)c2)c2ccc(C(=O)N[C@@H](C)c3ccc(C(C)(C)C)cc3)cc2n1CC1CC1. The van der Waals surface area contributed by atoms with Crippen molar-refractivity contribution in [1.82, 2.24) is 9.88 Å². The largest absolute Gasteiger partial charge is 0.479 e. The number of halogens is 1. The van der Waals surface area contributed by atoms with Crippen LogP contribution in [0.2, 0.25) is 5.02 Å². The van der Waals surface area contributed by atoms with E-state index in [1.807, 2.05) is 31.2 Å². The summed E-state index contributed by atoms with van der Waals surface area (Å²) in [5.41, 5.74) is 7.42. The van der Waals surface area contributed by atoms with Gasteiger partial charge in [0.05, 0.1) is 11.1 Å². The number of aromatic nitrogens is 1. The first-order chi connectivity index (χ1) is 20.3. The number of ether oxygens (including phenoxy) is 1. The molecule has 1 aliphatic carbocycles. The van der Waals surface area contributed by atoms with Crippen LogP contribution in [-0.2, 0) is 23.2 Å². The van der Waals surface area contributed by atoms with Crippen molar-refractivity contribution in [2.75, 3.05) is 0 Å². The van der Waals surface area contributed by atoms with Gasteiger partial charge in [-0.2, -0.15) is 0 Å². The van der Waals surface area contributed by atoms with Crippen molar-refractivity contribution in [3.05, 3.63) is 99.2 Å². The summed E-state index contributed by atoms with van der Waals surface area (Å²) in [6.45, 7) is 13.1. The predicted molar refractivity (Wildman–Crippen MR) is 172 cm³/mol. The number of carbonyl (C=O) groups is 2. The van der Waals surface area contributed by atoms with E-state index >= 15 is 0 Å². The number of nitrogens with zero attached hydrogens (tertiary/aromatic N) is 1. The Hall–Kier alpha value is -3.77. The maximum absolute atomic E-state index is 13.4. The summed E-state index contributed by atoms with van der Waals surface area (Å²) in [5, 5.41) is 13.9. The third kappa shape index (κ3) is 6.91. The quantitative estimate of drug-likeness (QED) is 0.192. The molecule has 0 radical (unpaired) electrons. The van der Waals surface area contributed by atoms with E-state index in [1.165, 1.54) is 36.6 Å². The van der Waals surface area contributed by atoms with Gasteiger partial charge in [-0.1, -0.05) is 68.8 Å². The minimum atomic E-state index is -1.05. The molecule has 0 aliphatic heterocycles. The summed E-state index contributed by atoms with van der Waals surface area (Å²) in [6, 6.07) is 19.8. The fourth-order valence-electron chi connectivity index (χ4n) is 5.54. The van der Waals surface area contributed by atoms with Gasteiger partial charge in [0, 0.05) is 28.7 Å². The Bertz CT molecular complexity index is 1660. The number of hydrogen-bond acceptors (Lipinski definition) is 3. The lowest BCUT2D eigenvalue weighted by atomic mass is 9.86. The number of nitrogens with one attached hydrogen (secondary N) is 1. The smallest absolute Gasteiger partial charge is 0.344 e. The lowest BCUT2D eigenvalue weighted by Crippen LogP contribution is -2.26. The molecule has 6 nitrogen and oxygen atoms in total. The first-order valence-electron chi connectivity index (χ1n) is 15.0. The van der Waals surface area contributed by atoms with E-state index in [-0.39, 0.29) is 17.4 Å². The van der Waals surface area contributed by atoms with Crippen molar-refractivity contribution >= 4 is 34.4 Å². The molecule has 0 bridgehead atoms. The topological polar surface area (TPSA) is 80.6 Å². The van der Waals surface area contributed by atoms with Crippen LogP contribution in [0, 0.1) is 12.8 Å². The highest BCUT2D eigenvalue weighted by molar-refractivity contribution is 6.32. The summed E-state index contributed by atoms with van der Waals surface area (Å²) in [4.78, 5) is 24.8. The van der Waals surface area contributed by atoms with Gasteiger partial charge in [0.1, 0.15) is 5.75 Å². The summed E-state index contributed by atoms with van der Waals surface area (Å²) in [7, 11) is 0. The standard InChI is InChI=1S/C36H41ClN2O4/c1-21(26-10-13-28(14-11-26)36(4,5)6)38-34(40)27-12-15-29-30(22(2)39(32(29)19-27)20-24-7-8-24)17-25-9-16-31(37)33(18-25)43-23(3)35(41)42/h9-16,18-19,21,23-24H,7-8,17,20H2,1-6H3,(H,38,40)(H,41,42)/t21-,23+/m0/s1. The first kappa shape index (κ1) is 30.7. The van der Waals surface area contributed by atoms with Crippen molar-refractivity contribution in [2.45, 2.75) is 84.9 Å². The first-order valence-corrected chi connectivity index (χ1v) is 15.4. The highest BCUT2D eigenvalue weighted by atomic mass is 35.5. The van der Waals surface area contributed by atoms with Gasteiger partial charge in [0.25, 0.3) is 5.91 Å². The molecule has 1 saturated carbocycles. The summed E-state index contributed by atoms with van der Waals surface area (Å²) >= 11 is 6.33. The molecule has 2 atom stereocenters. The molecule has 0 spiro atoms. The average Bonchev–Trinajstić information content (AvgIpc) is 3.75. The highest BCUT2D eigenvalue weighted by Crippen LogP contribution is 2.36. The van der Waals surface area contributed by atoms with E-state index in [2.05, 4.69) is 67.9 Å². The van der Waals surface area contributed by atoms with Crippen molar-refractivity contribution in [1.29, 1.82) is 0 Å². The monoisotopic (exact) mass is 600 g/mol. The van der Waals surface area contributed by atoms with Crippen LogP contribution in [0.15, 0.2) is 60.7 Å². The van der Waals surface area contributed by atoms with Gasteiger partial charge in [0.15, 0.2) is 6.10 Å². The van der Waals surface area contributed by atoms with Crippen molar-refractivity contribution < 1.29 is 19.4 Å². The zero-order valence-corrected chi connectivity index (χ0v) is 26.6. The number of aliphatic carboxylic acids is 1. The lowest BCUT2D eigenvalue weighted by molar-refractivity contribution is -0.144. The Morgan fingerprint density at radius 3 is 2.37 bits per heavy atom. The Balaban J connectivity index is 1.42. The summed E-state index contributed by atoms with van der Waals surface area (Å²) in [5.74, 6) is -0.133. The second-order valence-corrected chi connectivity index (χ2v) is 13.4. The Morgan fingerprint density at radius 1 is 1.05 bits per heavy atom. The molecule has 3 aromatic carbocycles. The Morgan fingerprint density at radius 2 is 1.74 bits per heavy atom. The minimum Gasteiger partial charge on any atom is -0.479 e. The number of benzene rings is 3. The maximum Gasteiger partial charge on any atom is 0.344 e. The van der Waals surface area contributed by atoms with Crippen LogP contribution in [0.25, 0.3) is 10.9 Å². The number of carbonyl (C=O) groups excluding carboxylic acids is 1. The lowest BCUT2D eigenvalue weighted by Gasteiger charge is -2.21. The third-order valence-electron chi connectivity index (χ3n) is 8.51. The van der Waals surface area contributed by atoms with Crippen LogP contribution in [0.5, 0.6) is 5.75 Å². The maximum atomic E-state index is 13.4. The molecule has 1 fully saturated rings. The van der Waals surface area contributed by atoms with Gasteiger partial charge in [0.2, 0.25) is 0 Å². The molecule has 2 N–H and O–H groups in total. The molecule has 7 heteroatoms. The molecule has 0 saturated heterocycles. The molecule has 43 heavy (non-hydrogen) atoms. The molecule has 5 rings (SSSR count). The van der Waals surface area contributed by atoms with Gasteiger partial charge in [-0.05, 0) is 97.9 Å². The van der Waals surface area contributed by atoms with E-state index in [4.69, 9.17) is 16.3 Å². The van der Waals surface area contributed by atoms with Crippen LogP contribution in [0.3, 0.4) is 0 Å². The molecular formula is C36H41ClN2O4. The normalized spacial score (nSPS) is 14.9. The minimum absolute atomic E-state index is 0.0787. The van der Waals surface area contributed by atoms with Gasteiger partial charge in [-0.15, -0.1) is 0 Å². The van der Waals surface area contributed by atoms with Gasteiger partial charge in [-0.3, -0.25) is 4.79 Å². The highest BCUT2D eigenvalue weighted by Gasteiger charge is 2.26. The zero-order chi connectivity index (χ0) is 31.1. The summed E-state index contributed by atoms with van der Waals surface area (Å²) < 4.78 is 7.97. The molecule has 1 heterocycles. The van der Waals surface area contributed by atoms with E-state index < -0.39 is 12.1 Å². The molecular weight excluding hydrogens is 560 g/mol. The summed E-state index contributed by atoms with van der Waals surface area (Å²) in [6.07, 6.45) is 2.06. The molecule has 0 unspecified atom stereocenters. The number of rotatable bonds is 10. The molecule has 4 aromatic rings. The number of carboxylic acids is 1. The van der Waals surface area contributed by atoms with Crippen LogP contribution >= 0.6 is 11.6 Å². The predicted octanol–water partition coefficient (Wildman–Crippen LogP) is 8.24. The number of carboxylic acid groups (broad SMARTS) is 1. The van der Waals surface area contributed by atoms with Crippen LogP contribution in [0.1, 0.15) is 91.8 Å². The molecule has 1 aromatic heterocycles. The molecule has 226 valence electrons. The van der Waals surface area contributed by atoms with E-state index in [1.54, 1.807) is 6.07 Å². The van der Waals surface area contributed by atoms with E-state index in [0.717, 1.165) is 28.6 Å². The van der Waals surface area contributed by atoms with Gasteiger partial charge < -0.3 is 19.7 Å². The number of amides is 1. The van der Waals surface area contributed by atoms with Crippen molar-refractivity contribution in [3.63, 3.8) is 0 Å². The number of hydrogen-bond donors (Lipinski definition) is 2. The second kappa shape index (κ2) is 12.1. The average molecular weight is 601 g/mol. The fourth-order valence-corrected chi connectivity index (χ4v) is 5.70. The molecule has 1 amide bonds. The fraction of sp³-hybridized carbons (Fsp3) is 0.389. The number of fused-ring (bicyclic) bond motifs is 1. The van der Waals surface area contributed by atoms with Crippen molar-refractivity contribution in [2.24, 2.45) is 5.92 Å². The van der Waals surface area contributed by atoms with Crippen molar-refractivity contribution in [3.8, 4) is 5.75 Å². The van der Waals surface area contributed by atoms with Gasteiger partial charge >= 0.3 is 5.97 Å². The Kier molecular flexibility index (Phi) is 8.62. The van der Waals surface area contributed by atoms with E-state index in [9.17, 15) is 14.7 Å². The molecule has 1 aliphatic rings. The van der Waals surface area contributed by atoms with Crippen LogP contribution in [-0.4, -0.2) is 27.7 Å². The Labute approximate surface area is 259 Å². The van der Waals surface area contributed by atoms with Crippen LogP contribution in [0.4, 0.5) is 0 Å². The third-order valence-corrected chi connectivity index (χ3v) is 8.82. The van der Waals surface area contributed by atoms with Gasteiger partial charge in [-0.25, -0.2) is 4.79 Å². The second-order valence-electron chi connectivity index (χ2n) is 13.0. The zero-order valence-electron chi connectivity index (χ0n) is 25.8. The van der Waals surface area contributed by atoms with E-state index in [0.29, 0.717) is 28.7 Å².